The highest BCUT2D eigenvalue weighted by molar-refractivity contribution is 5.84. The van der Waals surface area contributed by atoms with E-state index < -0.39 is 12.1 Å². The predicted molar refractivity (Wildman–Crippen MR) is 59.7 cm³/mol. The van der Waals surface area contributed by atoms with Crippen LogP contribution in [0.4, 0.5) is 0 Å². The molecule has 0 aliphatic carbocycles. The van der Waals surface area contributed by atoms with E-state index in [1.807, 2.05) is 0 Å². The number of methoxy groups -OCH3 is 1. The van der Waals surface area contributed by atoms with E-state index in [1.54, 1.807) is 6.92 Å². The van der Waals surface area contributed by atoms with Crippen molar-refractivity contribution in [1.29, 1.82) is 0 Å². The van der Waals surface area contributed by atoms with Gasteiger partial charge in [-0.25, -0.2) is 0 Å². The summed E-state index contributed by atoms with van der Waals surface area (Å²) in [6.45, 7) is 2.47. The third-order valence-corrected chi connectivity index (χ3v) is 2.92. The average molecular weight is 245 g/mol. The predicted octanol–water partition coefficient (Wildman–Crippen LogP) is 0.114. The van der Waals surface area contributed by atoms with Crippen LogP contribution >= 0.6 is 0 Å². The first-order valence-electron chi connectivity index (χ1n) is 5.69. The standard InChI is InChI=1S/C11H19NO5/c1-8(16-2)11(15)12(7-10(13)14)9-3-5-17-6-4-9/h8-9H,3-7H2,1-2H3,(H,13,14)/t8-/m0/s1. The first kappa shape index (κ1) is 13.9. The van der Waals surface area contributed by atoms with Crippen molar-refractivity contribution in [2.75, 3.05) is 26.9 Å². The van der Waals surface area contributed by atoms with E-state index in [2.05, 4.69) is 0 Å². The van der Waals surface area contributed by atoms with Crippen LogP contribution in [0.1, 0.15) is 19.8 Å². The minimum Gasteiger partial charge on any atom is -0.480 e. The second kappa shape index (κ2) is 6.56. The molecule has 1 heterocycles. The summed E-state index contributed by atoms with van der Waals surface area (Å²) >= 11 is 0. The van der Waals surface area contributed by atoms with Gasteiger partial charge < -0.3 is 19.5 Å². The first-order chi connectivity index (χ1) is 8.06. The lowest BCUT2D eigenvalue weighted by Gasteiger charge is -2.34. The Kier molecular flexibility index (Phi) is 5.37. The van der Waals surface area contributed by atoms with Gasteiger partial charge in [0.2, 0.25) is 0 Å². The summed E-state index contributed by atoms with van der Waals surface area (Å²) in [5.41, 5.74) is 0. The Morgan fingerprint density at radius 1 is 1.47 bits per heavy atom. The summed E-state index contributed by atoms with van der Waals surface area (Å²) in [6, 6.07) is -0.0649. The van der Waals surface area contributed by atoms with Crippen molar-refractivity contribution < 1.29 is 24.2 Å². The van der Waals surface area contributed by atoms with Crippen LogP contribution in [0.3, 0.4) is 0 Å². The molecule has 0 saturated carbocycles. The van der Waals surface area contributed by atoms with Crippen LogP contribution in [0.25, 0.3) is 0 Å². The summed E-state index contributed by atoms with van der Waals surface area (Å²) in [5, 5.41) is 8.85. The highest BCUT2D eigenvalue weighted by Crippen LogP contribution is 2.16. The molecule has 1 fully saturated rings. The molecule has 6 heteroatoms. The summed E-state index contributed by atoms with van der Waals surface area (Å²) in [7, 11) is 1.44. The molecule has 0 unspecified atom stereocenters. The van der Waals surface area contributed by atoms with Gasteiger partial charge in [0.15, 0.2) is 0 Å². The lowest BCUT2D eigenvalue weighted by atomic mass is 10.1. The molecule has 1 aliphatic heterocycles. The van der Waals surface area contributed by atoms with Gasteiger partial charge >= 0.3 is 5.97 Å². The molecular formula is C11H19NO5. The van der Waals surface area contributed by atoms with E-state index in [9.17, 15) is 9.59 Å². The number of amides is 1. The molecule has 0 aromatic carbocycles. The highest BCUT2D eigenvalue weighted by atomic mass is 16.5. The Bertz CT molecular complexity index is 275. The van der Waals surface area contributed by atoms with Gasteiger partial charge in [-0.3, -0.25) is 9.59 Å². The van der Waals surface area contributed by atoms with Gasteiger partial charge in [0.1, 0.15) is 12.6 Å². The number of carboxylic acid groups (broad SMARTS) is 1. The van der Waals surface area contributed by atoms with Crippen LogP contribution in [0, 0.1) is 0 Å². The maximum atomic E-state index is 12.0. The first-order valence-corrected chi connectivity index (χ1v) is 5.69. The van der Waals surface area contributed by atoms with Gasteiger partial charge in [0.05, 0.1) is 0 Å². The number of ether oxygens (including phenoxy) is 2. The number of hydrogen-bond donors (Lipinski definition) is 1. The molecule has 0 aromatic rings. The van der Waals surface area contributed by atoms with E-state index in [0.29, 0.717) is 26.1 Å². The third kappa shape index (κ3) is 3.98. The van der Waals surface area contributed by atoms with Crippen LogP contribution in [-0.2, 0) is 19.1 Å². The van der Waals surface area contributed by atoms with E-state index in [-0.39, 0.29) is 18.5 Å². The molecule has 1 atom stereocenters. The molecule has 0 spiro atoms. The number of nitrogens with zero attached hydrogens (tertiary/aromatic N) is 1. The van der Waals surface area contributed by atoms with Gasteiger partial charge in [-0.15, -0.1) is 0 Å². The Morgan fingerprint density at radius 2 is 2.06 bits per heavy atom. The zero-order valence-electron chi connectivity index (χ0n) is 10.2. The fraction of sp³-hybridized carbons (Fsp3) is 0.818. The number of carbonyl (C=O) groups is 2. The van der Waals surface area contributed by atoms with Crippen LogP contribution in [0.5, 0.6) is 0 Å². The second-order valence-corrected chi connectivity index (χ2v) is 4.08. The Morgan fingerprint density at radius 3 is 2.53 bits per heavy atom. The van der Waals surface area contributed by atoms with Gasteiger partial charge in [-0.05, 0) is 19.8 Å². The molecular weight excluding hydrogens is 226 g/mol. The highest BCUT2D eigenvalue weighted by Gasteiger charge is 2.30. The molecule has 0 aromatic heterocycles. The lowest BCUT2D eigenvalue weighted by molar-refractivity contribution is -0.153. The molecule has 1 amide bonds. The van der Waals surface area contributed by atoms with Crippen LogP contribution in [-0.4, -0.2) is 60.9 Å². The fourth-order valence-electron chi connectivity index (χ4n) is 1.86. The van der Waals surface area contributed by atoms with Crippen molar-refractivity contribution in [1.82, 2.24) is 4.90 Å². The summed E-state index contributed by atoms with van der Waals surface area (Å²) in [5.74, 6) is -1.28. The Labute approximate surface area is 100 Å². The van der Waals surface area contributed by atoms with Crippen molar-refractivity contribution in [3.05, 3.63) is 0 Å². The van der Waals surface area contributed by atoms with E-state index in [1.165, 1.54) is 12.0 Å². The van der Waals surface area contributed by atoms with Crippen molar-refractivity contribution in [2.24, 2.45) is 0 Å². The monoisotopic (exact) mass is 245 g/mol. The van der Waals surface area contributed by atoms with Crippen molar-refractivity contribution in [3.8, 4) is 0 Å². The van der Waals surface area contributed by atoms with Crippen molar-refractivity contribution in [2.45, 2.75) is 31.9 Å². The van der Waals surface area contributed by atoms with Crippen molar-refractivity contribution >= 4 is 11.9 Å². The number of hydrogen-bond acceptors (Lipinski definition) is 4. The molecule has 0 radical (unpaired) electrons. The Balaban J connectivity index is 2.70. The maximum Gasteiger partial charge on any atom is 0.323 e. The summed E-state index contributed by atoms with van der Waals surface area (Å²) < 4.78 is 10.2. The van der Waals surface area contributed by atoms with Gasteiger partial charge in [-0.1, -0.05) is 0 Å². The topological polar surface area (TPSA) is 76.1 Å². The van der Waals surface area contributed by atoms with Crippen molar-refractivity contribution in [3.63, 3.8) is 0 Å². The SMILES string of the molecule is CO[C@@H](C)C(=O)N(CC(=O)O)C1CCOCC1. The molecule has 1 aliphatic rings. The smallest absolute Gasteiger partial charge is 0.323 e. The molecule has 1 N–H and O–H groups in total. The molecule has 6 nitrogen and oxygen atoms in total. The van der Waals surface area contributed by atoms with Gasteiger partial charge in [0.25, 0.3) is 5.91 Å². The summed E-state index contributed by atoms with van der Waals surface area (Å²) in [6.07, 6.45) is 0.738. The van der Waals surface area contributed by atoms with Gasteiger partial charge in [0, 0.05) is 26.4 Å². The number of carbonyl (C=O) groups excluding carboxylic acids is 1. The average Bonchev–Trinajstić information content (AvgIpc) is 2.35. The molecule has 1 saturated heterocycles. The van der Waals surface area contributed by atoms with E-state index in [0.717, 1.165) is 0 Å². The van der Waals surface area contributed by atoms with Crippen LogP contribution in [0.15, 0.2) is 0 Å². The van der Waals surface area contributed by atoms with Crippen LogP contribution < -0.4 is 0 Å². The number of rotatable bonds is 5. The number of carboxylic acids is 1. The van der Waals surface area contributed by atoms with E-state index in [4.69, 9.17) is 14.6 Å². The minimum absolute atomic E-state index is 0.0649. The molecule has 1 rings (SSSR count). The molecule has 98 valence electrons. The molecule has 17 heavy (non-hydrogen) atoms. The largest absolute Gasteiger partial charge is 0.480 e. The zero-order chi connectivity index (χ0) is 12.8. The normalized spacial score (nSPS) is 18.7. The quantitative estimate of drug-likeness (QED) is 0.744. The second-order valence-electron chi connectivity index (χ2n) is 4.08. The maximum absolute atomic E-state index is 12.0. The zero-order valence-corrected chi connectivity index (χ0v) is 10.2. The minimum atomic E-state index is -1.01. The third-order valence-electron chi connectivity index (χ3n) is 2.92. The van der Waals surface area contributed by atoms with Gasteiger partial charge in [-0.2, -0.15) is 0 Å². The fourth-order valence-corrected chi connectivity index (χ4v) is 1.86. The molecule has 0 bridgehead atoms. The summed E-state index contributed by atoms with van der Waals surface area (Å²) in [4.78, 5) is 24.2. The lowest BCUT2D eigenvalue weighted by Crippen LogP contribution is -2.49. The Hall–Kier alpha value is -1.14. The van der Waals surface area contributed by atoms with E-state index >= 15 is 0 Å². The number of aliphatic carboxylic acids is 1. The van der Waals surface area contributed by atoms with Crippen LogP contribution in [0.2, 0.25) is 0 Å².